The quantitative estimate of drug-likeness (QED) is 0.0148. The average molecular weight is 2060 g/mol. The van der Waals surface area contributed by atoms with Gasteiger partial charge in [-0.05, 0) is 92.6 Å². The van der Waals surface area contributed by atoms with Crippen LogP contribution in [0.4, 0.5) is 23.4 Å². The van der Waals surface area contributed by atoms with Gasteiger partial charge in [0.05, 0.1) is 95.2 Å². The van der Waals surface area contributed by atoms with Crippen LogP contribution in [0.2, 0.25) is 0 Å². The number of H-pyrrole nitrogens is 3. The van der Waals surface area contributed by atoms with Crippen LogP contribution in [-0.4, -0.2) is 225 Å². The third-order valence-electron chi connectivity index (χ3n) is 21.9. The van der Waals surface area contributed by atoms with Crippen LogP contribution in [0, 0.1) is 20.8 Å². The summed E-state index contributed by atoms with van der Waals surface area (Å²) in [6.07, 6.45) is -8.97. The molecular formula is C67H92N22O30P6S6. The largest absolute Gasteiger partial charge is 0.386 e. The molecule has 52 nitrogen and oxygen atoms in total. The lowest BCUT2D eigenvalue weighted by Crippen LogP contribution is -2.33. The minimum atomic E-state index is -4.70. The van der Waals surface area contributed by atoms with Crippen molar-refractivity contribution in [1.82, 2.24) is 87.2 Å². The van der Waals surface area contributed by atoms with Gasteiger partial charge in [0, 0.05) is 73.8 Å². The second-order valence-electron chi connectivity index (χ2n) is 31.0. The van der Waals surface area contributed by atoms with Crippen LogP contribution in [0.25, 0.3) is 33.5 Å². The number of aryl methyl sites for hydroxylation is 3. The van der Waals surface area contributed by atoms with E-state index < -0.39 is 218 Å². The summed E-state index contributed by atoms with van der Waals surface area (Å²) < 4.78 is 133. The summed E-state index contributed by atoms with van der Waals surface area (Å²) in [7, 11) is 0. The van der Waals surface area contributed by atoms with Crippen molar-refractivity contribution < 1.29 is 112 Å². The second-order valence-corrected chi connectivity index (χ2v) is 47.9. The number of nitrogens with two attached hydrogens (primary N) is 4. The lowest BCUT2D eigenvalue weighted by atomic mass is 10.1. The molecule has 0 amide bonds. The number of ether oxygens (including phenoxy) is 6. The van der Waals surface area contributed by atoms with Crippen LogP contribution in [0.3, 0.4) is 0 Å². The van der Waals surface area contributed by atoms with Crippen LogP contribution in [0.1, 0.15) is 139 Å². The molecule has 6 aliphatic rings. The number of imidazole rings is 3. The van der Waals surface area contributed by atoms with E-state index in [-0.39, 0.29) is 113 Å². The van der Waals surface area contributed by atoms with E-state index >= 15 is 0 Å². The van der Waals surface area contributed by atoms with Gasteiger partial charge in [0.1, 0.15) is 103 Å². The zero-order valence-electron chi connectivity index (χ0n) is 69.7. The van der Waals surface area contributed by atoms with E-state index in [1.807, 2.05) is 13.8 Å². The number of nitrogen functional groups attached to an aromatic ring is 4. The summed E-state index contributed by atoms with van der Waals surface area (Å²) in [5, 5.41) is 0. The molecule has 12 unspecified atom stereocenters. The van der Waals surface area contributed by atoms with E-state index in [0.29, 0.717) is 18.4 Å². The highest BCUT2D eigenvalue weighted by Gasteiger charge is 2.51. The number of fused-ring (bicyclic) bond motifs is 3. The molecule has 6 fully saturated rings. The third-order valence-corrected chi connectivity index (χ3v) is 31.5. The number of anilines is 4. The molecule has 0 spiro atoms. The Bertz CT molecular complexity index is 6440. The second kappa shape index (κ2) is 40.8. The number of nitrogens with one attached hydrogen (secondary N) is 3. The summed E-state index contributed by atoms with van der Waals surface area (Å²) in [4.78, 5) is 182. The van der Waals surface area contributed by atoms with E-state index in [1.165, 1.54) is 77.8 Å². The topological polar surface area (TPSA) is 684 Å². The molecule has 15 heterocycles. The van der Waals surface area contributed by atoms with Crippen LogP contribution in [0.5, 0.6) is 0 Å². The molecule has 24 atom stereocenters. The fraction of sp³-hybridized carbons (Fsp3) is 0.597. The highest BCUT2D eigenvalue weighted by atomic mass is 32.7. The minimum Gasteiger partial charge on any atom is -0.383 e. The van der Waals surface area contributed by atoms with Crippen LogP contribution >= 0.6 is 52.6 Å². The van der Waals surface area contributed by atoms with Crippen molar-refractivity contribution in [3.8, 4) is 0 Å². The molecule has 6 aliphatic heterocycles. The summed E-state index contributed by atoms with van der Waals surface area (Å²) >= 11 is 32.4. The summed E-state index contributed by atoms with van der Waals surface area (Å²) in [5.41, 5.74) is 21.2. The Morgan fingerprint density at radius 1 is 0.412 bits per heavy atom. The first kappa shape index (κ1) is 99.3. The number of thiol groups is 1. The maximum Gasteiger partial charge on any atom is 0.386 e. The first-order valence-electron chi connectivity index (χ1n) is 40.4. The fourth-order valence-electron chi connectivity index (χ4n) is 15.5. The number of unbranched alkanes of at least 4 members (excludes halogenated alkanes) is 3. The molecule has 6 saturated heterocycles. The summed E-state index contributed by atoms with van der Waals surface area (Å²) in [6.45, 7) is -22.0. The Morgan fingerprint density at radius 3 is 1.18 bits per heavy atom. The van der Waals surface area contributed by atoms with Gasteiger partial charge < -0.3 is 121 Å². The Labute approximate surface area is 770 Å². The SMILES string of the molecule is CCCCCCOP(O)(=S)OC1C[C@H](n2cc(C)c(=O)[nH]c2=O)O[C@@H]1COP(=O)(S)OC1C[C@H](n2cc(C)c(=O)[nH]c2=O)O[C@@H]1COP(O)(=S)OC1C[C@H](n2cnc3c(N)ncnc32)O[C@@H]1COP(O)(=S)OC1C[C@H](n2cc(C)c(N)nc2=O)O[C@@H]1COP(O)(=S)OC1C[C@H](n2cnc3c(N)ncnc32)O[C@@H]1COP(O)(=S)OC1C[C@H](n2cnc3c(=O)[nH]c(N)nc32)O[C@@H]1CC. The molecule has 0 saturated carbocycles. The Hall–Kier alpha value is -6.20. The van der Waals surface area contributed by atoms with Gasteiger partial charge in [0.25, 0.3) is 16.7 Å². The van der Waals surface area contributed by atoms with Gasteiger partial charge in [-0.2, -0.15) is 9.97 Å². The van der Waals surface area contributed by atoms with E-state index in [1.54, 1.807) is 6.92 Å². The molecule has 0 bridgehead atoms. The summed E-state index contributed by atoms with van der Waals surface area (Å²) in [5.74, 6) is -0.190. The van der Waals surface area contributed by atoms with Crippen molar-refractivity contribution >= 4 is 169 Å². The highest BCUT2D eigenvalue weighted by Crippen LogP contribution is 2.60. The van der Waals surface area contributed by atoms with Crippen LogP contribution in [0.15, 0.2) is 79.0 Å². The predicted octanol–water partition coefficient (Wildman–Crippen LogP) is 3.66. The molecule has 0 radical (unpaired) electrons. The number of rotatable bonds is 40. The van der Waals surface area contributed by atoms with Crippen molar-refractivity contribution in [2.75, 3.05) is 62.6 Å². The van der Waals surface area contributed by atoms with Gasteiger partial charge in [-0.3, -0.25) is 65.8 Å². The van der Waals surface area contributed by atoms with E-state index in [0.717, 1.165) is 33.0 Å². The number of aromatic nitrogens is 18. The normalized spacial score (nSPS) is 28.7. The Balaban J connectivity index is 0.636. The molecular weight excluding hydrogens is 1970 g/mol. The maximum absolute atomic E-state index is 14.6. The lowest BCUT2D eigenvalue weighted by Gasteiger charge is -2.28. The maximum atomic E-state index is 14.6. The summed E-state index contributed by atoms with van der Waals surface area (Å²) in [6, 6.07) is 0. The smallest absolute Gasteiger partial charge is 0.383 e. The number of hydrogen-bond acceptors (Lipinski definition) is 43. The molecule has 9 aromatic rings. The van der Waals surface area contributed by atoms with E-state index in [9.17, 15) is 57.8 Å². The highest BCUT2D eigenvalue weighted by molar-refractivity contribution is 8.44. The van der Waals surface area contributed by atoms with Gasteiger partial charge in [0.2, 0.25) is 5.95 Å². The first-order valence-corrected chi connectivity index (χ1v) is 56.1. The van der Waals surface area contributed by atoms with Gasteiger partial charge in [-0.1, -0.05) is 45.4 Å². The van der Waals surface area contributed by atoms with Crippen LogP contribution in [-0.2, 0) is 146 Å². The van der Waals surface area contributed by atoms with Crippen LogP contribution < -0.4 is 56.7 Å². The monoisotopic (exact) mass is 2060 g/mol. The molecule has 15 rings (SSSR count). The van der Waals surface area contributed by atoms with Gasteiger partial charge in [0.15, 0.2) is 34.1 Å². The standard InChI is InChI=1S/C67H92N22O30P6S6/c1-6-8-9-10-11-102-120(96,126)115-36-13-47(85-19-32(4)61(90)82-66(85)94)110-41(36)21-104-122(98,128)117-38-15-48(86-20-33(5)62(91)83-67(86)95)111-43(38)23-106-125(101,131)119-40-17-50(88-29-77-53-57(70)73-27-75-59(53)88)113-45(40)25-107-123(99,129)116-37-14-46(84-18-31(3)55(68)79-65(84)93)109-42(37)22-105-124(100,130)118-39-16-49(87-28-76-52-56(69)72-26-74-58(52)87)112-44(39)24-103-121(97,127)114-35-12-51(108-34(35)7-2)89-30-78-54-60(89)80-64(71)81-63(54)92/h18-20,26-30,34-51H,6-17,21-25H2,1-5H3,(H,96,126)(H,97,127)(H,98,128)(H,99,129)(H,100,130)(H,101,131)(H2,68,79,93)(H2,69,72,74)(H2,70,73,75)(H,82,90,94)(H,83,91,95)(H3,71,80,81,92)/t34-,35?,36?,37?,38?,39?,40?,41-,42-,43-,44-,45-,46-,47-,48-,49-,50-,51-,120?,121?,122?,123?,124?,125?/m1/s1. The van der Waals surface area contributed by atoms with E-state index in [2.05, 4.69) is 72.1 Å². The van der Waals surface area contributed by atoms with Gasteiger partial charge >= 0.3 is 57.5 Å². The number of hydrogen-bond donors (Lipinski definition) is 13. The predicted molar refractivity (Wildman–Crippen MR) is 481 cm³/mol. The van der Waals surface area contributed by atoms with Crippen molar-refractivity contribution in [2.45, 2.75) is 216 Å². The van der Waals surface area contributed by atoms with Crippen molar-refractivity contribution in [3.05, 3.63) is 129 Å². The van der Waals surface area contributed by atoms with Crippen molar-refractivity contribution in [1.29, 1.82) is 0 Å². The van der Waals surface area contributed by atoms with Crippen molar-refractivity contribution in [3.63, 3.8) is 0 Å². The first-order chi connectivity index (χ1) is 62.0. The lowest BCUT2D eigenvalue weighted by molar-refractivity contribution is -0.0563. The molecule has 9 aromatic heterocycles. The molecule has 64 heteroatoms. The zero-order chi connectivity index (χ0) is 93.7. The third kappa shape index (κ3) is 23.6. The molecule has 131 heavy (non-hydrogen) atoms. The zero-order valence-corrected chi connectivity index (χ0v) is 80.0. The van der Waals surface area contributed by atoms with E-state index in [4.69, 9.17) is 165 Å². The van der Waals surface area contributed by atoms with Crippen molar-refractivity contribution in [2.24, 2.45) is 0 Å². The Morgan fingerprint density at radius 2 is 0.763 bits per heavy atom. The minimum absolute atomic E-state index is 0.00408. The van der Waals surface area contributed by atoms with Gasteiger partial charge in [-0.15, -0.1) is 0 Å². The molecule has 716 valence electrons. The Kier molecular flexibility index (Phi) is 31.0. The van der Waals surface area contributed by atoms with Gasteiger partial charge in [-0.25, -0.2) is 53.8 Å². The average Bonchev–Trinajstić information content (AvgIpc) is 1.63. The fourth-order valence-corrected chi connectivity index (χ4v) is 24.4. The molecule has 0 aliphatic carbocycles. The number of aromatic amines is 3. The molecule has 16 N–H and O–H groups in total. The molecule has 0 aromatic carbocycles. The number of nitrogens with zero attached hydrogens (tertiary/aromatic N) is 15.